The summed E-state index contributed by atoms with van der Waals surface area (Å²) < 4.78 is 45.9. The first-order valence-corrected chi connectivity index (χ1v) is 11.3. The normalized spacial score (nSPS) is 11.7. The number of amides is 1. The van der Waals surface area contributed by atoms with Crippen molar-refractivity contribution in [3.63, 3.8) is 0 Å². The smallest absolute Gasteiger partial charge is 0.433 e. The number of nitrogens with one attached hydrogen (secondary N) is 1. The van der Waals surface area contributed by atoms with Gasteiger partial charge in [0.05, 0.1) is 5.69 Å². The molecule has 0 spiro atoms. The van der Waals surface area contributed by atoms with Crippen LogP contribution in [0.2, 0.25) is 0 Å². The summed E-state index contributed by atoms with van der Waals surface area (Å²) in [6.07, 6.45) is -3.42. The van der Waals surface area contributed by atoms with Gasteiger partial charge in [-0.25, -0.2) is 9.97 Å². The lowest BCUT2D eigenvalue weighted by atomic mass is 10.1. The number of anilines is 1. The molecule has 2 aromatic carbocycles. The lowest BCUT2D eigenvalue weighted by molar-refractivity contribution is -0.141. The van der Waals surface area contributed by atoms with Gasteiger partial charge < -0.3 is 9.73 Å². The fourth-order valence-corrected chi connectivity index (χ4v) is 3.80. The standard InChI is InChI=1S/C26H17F3N4O2S/c1-16-7-9-19(10-8-16)31-24(34)18(15-30)13-20-11-12-23(35-20)36-25-32-21(17-5-3-2-4-6-17)14-22(33-25)26(27,28)29/h2-14H,1H3,(H,31,34)/b18-13+. The molecule has 0 unspecified atom stereocenters. The monoisotopic (exact) mass is 506 g/mol. The molecule has 2 aromatic heterocycles. The summed E-state index contributed by atoms with van der Waals surface area (Å²) in [6.45, 7) is 1.91. The van der Waals surface area contributed by atoms with Crippen molar-refractivity contribution in [1.29, 1.82) is 5.26 Å². The predicted molar refractivity (Wildman–Crippen MR) is 129 cm³/mol. The molecule has 0 saturated carbocycles. The van der Waals surface area contributed by atoms with E-state index in [9.17, 15) is 23.2 Å². The van der Waals surface area contributed by atoms with Gasteiger partial charge in [-0.3, -0.25) is 4.79 Å². The second kappa shape index (κ2) is 10.5. The molecule has 6 nitrogen and oxygen atoms in total. The second-order valence-electron chi connectivity index (χ2n) is 7.53. The summed E-state index contributed by atoms with van der Waals surface area (Å²) in [4.78, 5) is 20.3. The molecule has 0 aliphatic carbocycles. The minimum Gasteiger partial charge on any atom is -0.450 e. The Morgan fingerprint density at radius 2 is 1.78 bits per heavy atom. The van der Waals surface area contributed by atoms with Crippen LogP contribution in [-0.4, -0.2) is 15.9 Å². The molecular weight excluding hydrogens is 489 g/mol. The number of aryl methyl sites for hydroxylation is 1. The Hall–Kier alpha value is -4.36. The Morgan fingerprint density at radius 1 is 1.06 bits per heavy atom. The van der Waals surface area contributed by atoms with Crippen molar-refractivity contribution < 1.29 is 22.4 Å². The van der Waals surface area contributed by atoms with E-state index < -0.39 is 17.8 Å². The highest BCUT2D eigenvalue weighted by molar-refractivity contribution is 7.99. The highest BCUT2D eigenvalue weighted by atomic mass is 32.2. The zero-order valence-electron chi connectivity index (χ0n) is 18.7. The molecule has 10 heteroatoms. The van der Waals surface area contributed by atoms with E-state index in [-0.39, 0.29) is 27.3 Å². The number of carbonyl (C=O) groups is 1. The van der Waals surface area contributed by atoms with Crippen molar-refractivity contribution in [3.8, 4) is 17.3 Å². The Balaban J connectivity index is 1.56. The number of furan rings is 1. The van der Waals surface area contributed by atoms with Gasteiger partial charge in [-0.15, -0.1) is 0 Å². The zero-order chi connectivity index (χ0) is 25.7. The molecular formula is C26H17F3N4O2S. The van der Waals surface area contributed by atoms with E-state index in [4.69, 9.17) is 4.42 Å². The van der Waals surface area contributed by atoms with E-state index in [2.05, 4.69) is 15.3 Å². The third-order valence-electron chi connectivity index (χ3n) is 4.82. The lowest BCUT2D eigenvalue weighted by Crippen LogP contribution is -2.13. The minimum atomic E-state index is -4.66. The number of alkyl halides is 3. The maximum Gasteiger partial charge on any atom is 0.433 e. The van der Waals surface area contributed by atoms with E-state index in [0.29, 0.717) is 11.3 Å². The van der Waals surface area contributed by atoms with Crippen LogP contribution in [-0.2, 0) is 11.0 Å². The first kappa shape index (κ1) is 24.8. The van der Waals surface area contributed by atoms with Crippen molar-refractivity contribution in [1.82, 2.24) is 9.97 Å². The van der Waals surface area contributed by atoms with E-state index in [1.165, 1.54) is 18.2 Å². The lowest BCUT2D eigenvalue weighted by Gasteiger charge is -2.10. The van der Waals surface area contributed by atoms with Gasteiger partial charge in [-0.1, -0.05) is 48.0 Å². The maximum atomic E-state index is 13.4. The third-order valence-corrected chi connectivity index (χ3v) is 5.61. The van der Waals surface area contributed by atoms with Crippen LogP contribution >= 0.6 is 11.8 Å². The van der Waals surface area contributed by atoms with Gasteiger partial charge in [0.25, 0.3) is 5.91 Å². The number of rotatable bonds is 6. The summed E-state index contributed by atoms with van der Waals surface area (Å²) in [5.41, 5.74) is 0.886. The van der Waals surface area contributed by atoms with Crippen LogP contribution < -0.4 is 5.32 Å². The molecule has 1 amide bonds. The molecule has 0 saturated heterocycles. The van der Waals surface area contributed by atoms with E-state index in [0.717, 1.165) is 23.4 Å². The van der Waals surface area contributed by atoms with Crippen LogP contribution in [0.25, 0.3) is 17.3 Å². The minimum absolute atomic E-state index is 0.117. The Morgan fingerprint density at radius 3 is 2.44 bits per heavy atom. The number of carbonyl (C=O) groups excluding carboxylic acids is 1. The molecule has 0 aliphatic heterocycles. The van der Waals surface area contributed by atoms with Crippen molar-refractivity contribution in [2.75, 3.05) is 5.32 Å². The molecule has 0 atom stereocenters. The fraction of sp³-hybridized carbons (Fsp3) is 0.0769. The molecule has 0 aliphatic rings. The molecule has 0 bridgehead atoms. The van der Waals surface area contributed by atoms with Gasteiger partial charge in [-0.2, -0.15) is 18.4 Å². The summed E-state index contributed by atoms with van der Waals surface area (Å²) in [5, 5.41) is 12.1. The van der Waals surface area contributed by atoms with Crippen LogP contribution in [0.3, 0.4) is 0 Å². The summed E-state index contributed by atoms with van der Waals surface area (Å²) >= 11 is 0.793. The maximum absolute atomic E-state index is 13.4. The number of halogens is 3. The number of nitrogens with zero attached hydrogens (tertiary/aromatic N) is 3. The SMILES string of the molecule is Cc1ccc(NC(=O)/C(C#N)=C/c2ccc(Sc3nc(-c4ccccc4)cc(C(F)(F)F)n3)o2)cc1. The Bertz CT molecular complexity index is 1460. The molecule has 0 radical (unpaired) electrons. The quantitative estimate of drug-likeness (QED) is 0.176. The molecule has 36 heavy (non-hydrogen) atoms. The van der Waals surface area contributed by atoms with Crippen LogP contribution in [0.1, 0.15) is 17.0 Å². The Labute approximate surface area is 208 Å². The molecule has 0 fully saturated rings. The Kier molecular flexibility index (Phi) is 7.22. The molecule has 180 valence electrons. The first-order chi connectivity index (χ1) is 17.2. The number of nitriles is 1. The molecule has 1 N–H and O–H groups in total. The van der Waals surface area contributed by atoms with Crippen molar-refractivity contribution in [2.24, 2.45) is 0 Å². The van der Waals surface area contributed by atoms with E-state index in [1.807, 2.05) is 25.1 Å². The molecule has 4 aromatic rings. The fourth-order valence-electron chi connectivity index (χ4n) is 3.06. The van der Waals surface area contributed by atoms with Gasteiger partial charge in [0.15, 0.2) is 10.2 Å². The second-order valence-corrected chi connectivity index (χ2v) is 8.51. The largest absolute Gasteiger partial charge is 0.450 e. The number of hydrogen-bond donors (Lipinski definition) is 1. The van der Waals surface area contributed by atoms with Crippen LogP contribution in [0, 0.1) is 18.3 Å². The third kappa shape index (κ3) is 6.20. The van der Waals surface area contributed by atoms with Gasteiger partial charge in [0, 0.05) is 17.3 Å². The predicted octanol–water partition coefficient (Wildman–Crippen LogP) is 6.76. The van der Waals surface area contributed by atoms with Crippen LogP contribution in [0.4, 0.5) is 18.9 Å². The summed E-state index contributed by atoms with van der Waals surface area (Å²) in [7, 11) is 0. The average Bonchev–Trinajstić information content (AvgIpc) is 3.30. The first-order valence-electron chi connectivity index (χ1n) is 10.5. The highest BCUT2D eigenvalue weighted by Crippen LogP contribution is 2.34. The van der Waals surface area contributed by atoms with Gasteiger partial charge in [0.1, 0.15) is 23.1 Å². The van der Waals surface area contributed by atoms with E-state index in [1.54, 1.807) is 42.5 Å². The van der Waals surface area contributed by atoms with Gasteiger partial charge >= 0.3 is 6.18 Å². The summed E-state index contributed by atoms with van der Waals surface area (Å²) in [5.74, 6) is -0.455. The highest BCUT2D eigenvalue weighted by Gasteiger charge is 2.34. The van der Waals surface area contributed by atoms with Gasteiger partial charge in [0.2, 0.25) is 0 Å². The number of hydrogen-bond acceptors (Lipinski definition) is 6. The topological polar surface area (TPSA) is 91.8 Å². The van der Waals surface area contributed by atoms with E-state index >= 15 is 0 Å². The number of aromatic nitrogens is 2. The average molecular weight is 507 g/mol. The van der Waals surface area contributed by atoms with Crippen molar-refractivity contribution in [3.05, 3.63) is 95.4 Å². The van der Waals surface area contributed by atoms with Gasteiger partial charge in [-0.05, 0) is 49.0 Å². The molecule has 4 rings (SSSR count). The van der Waals surface area contributed by atoms with Crippen LogP contribution in [0.5, 0.6) is 0 Å². The number of benzene rings is 2. The zero-order valence-corrected chi connectivity index (χ0v) is 19.5. The molecule has 2 heterocycles. The van der Waals surface area contributed by atoms with Crippen molar-refractivity contribution >= 4 is 29.4 Å². The van der Waals surface area contributed by atoms with Crippen LogP contribution in [0.15, 0.2) is 93.0 Å². The van der Waals surface area contributed by atoms with Crippen molar-refractivity contribution in [2.45, 2.75) is 23.3 Å². The summed E-state index contributed by atoms with van der Waals surface area (Å²) in [6, 6.07) is 21.2.